The number of ketones is 1. The van der Waals surface area contributed by atoms with Gasteiger partial charge in [-0.2, -0.15) is 0 Å². The lowest BCUT2D eigenvalue weighted by molar-refractivity contribution is -0.122. The second-order valence-electron chi connectivity index (χ2n) is 5.17. The van der Waals surface area contributed by atoms with Crippen molar-refractivity contribution in [3.63, 3.8) is 0 Å². The lowest BCUT2D eigenvalue weighted by Crippen LogP contribution is -2.05. The van der Waals surface area contributed by atoms with Crippen molar-refractivity contribution < 1.29 is 9.53 Å². The van der Waals surface area contributed by atoms with Crippen LogP contribution in [0, 0.1) is 0 Å². The summed E-state index contributed by atoms with van der Waals surface area (Å²) < 4.78 is 4.65. The topological polar surface area (TPSA) is 78.1 Å². The maximum absolute atomic E-state index is 10.7. The van der Waals surface area contributed by atoms with Gasteiger partial charge < -0.3 is 10.5 Å². The summed E-state index contributed by atoms with van der Waals surface area (Å²) in [6.45, 7) is 5.22. The minimum absolute atomic E-state index is 0.208. The van der Waals surface area contributed by atoms with Crippen LogP contribution in [-0.2, 0) is 9.53 Å². The van der Waals surface area contributed by atoms with E-state index in [2.05, 4.69) is 28.6 Å². The van der Waals surface area contributed by atoms with Crippen molar-refractivity contribution in [1.29, 1.82) is 0 Å². The van der Waals surface area contributed by atoms with Gasteiger partial charge in [0.15, 0.2) is 5.78 Å². The average molecular weight is 416 g/mol. The Morgan fingerprint density at radius 1 is 1.00 bits per heavy atom. The number of Topliss-reactive ketones (excluding diaryl/α,β-unsaturated/α-hetero) is 1. The van der Waals surface area contributed by atoms with Crippen LogP contribution >= 0.6 is 23.2 Å². The number of pyridine rings is 2. The monoisotopic (exact) mass is 415 g/mol. The van der Waals surface area contributed by atoms with Gasteiger partial charge in [-0.3, -0.25) is 4.79 Å². The molecule has 0 bridgehead atoms. The zero-order valence-corrected chi connectivity index (χ0v) is 17.9. The molecular weight excluding hydrogens is 385 g/mol. The molecule has 2 heterocycles. The third-order valence-corrected chi connectivity index (χ3v) is 3.11. The van der Waals surface area contributed by atoms with Crippen LogP contribution in [0.25, 0.3) is 0 Å². The predicted molar refractivity (Wildman–Crippen MR) is 114 cm³/mol. The lowest BCUT2D eigenvalue weighted by Gasteiger charge is -1.95. The van der Waals surface area contributed by atoms with E-state index in [1.165, 1.54) is 0 Å². The van der Waals surface area contributed by atoms with Crippen molar-refractivity contribution in [3.05, 3.63) is 59.1 Å². The van der Waals surface area contributed by atoms with Gasteiger partial charge >= 0.3 is 0 Å². The van der Waals surface area contributed by atoms with Crippen LogP contribution in [0.4, 0.5) is 0 Å². The van der Waals surface area contributed by atoms with Crippen molar-refractivity contribution in [2.45, 2.75) is 39.5 Å². The molecule has 2 rings (SSSR count). The van der Waals surface area contributed by atoms with E-state index in [9.17, 15) is 4.79 Å². The molecule has 27 heavy (non-hydrogen) atoms. The first-order chi connectivity index (χ1) is 13.0. The van der Waals surface area contributed by atoms with Crippen LogP contribution in [0.3, 0.4) is 0 Å². The molecule has 0 aliphatic heterocycles. The van der Waals surface area contributed by atoms with Crippen LogP contribution < -0.4 is 5.73 Å². The molecule has 5 nitrogen and oxygen atoms in total. The minimum atomic E-state index is 0.208. The van der Waals surface area contributed by atoms with E-state index < -0.39 is 0 Å². The molecule has 0 spiro atoms. The maximum atomic E-state index is 10.7. The number of ether oxygens (including phenoxy) is 1. The van der Waals surface area contributed by atoms with Crippen LogP contribution in [0.1, 0.15) is 39.5 Å². The van der Waals surface area contributed by atoms with Crippen molar-refractivity contribution >= 4 is 29.0 Å². The second-order valence-corrected chi connectivity index (χ2v) is 5.94. The van der Waals surface area contributed by atoms with Crippen molar-refractivity contribution in [3.8, 4) is 0 Å². The number of rotatable bonds is 6. The molecule has 152 valence electrons. The molecule has 0 aromatic carbocycles. The average Bonchev–Trinajstić information content (AvgIpc) is 2.69. The molecule has 0 saturated heterocycles. The van der Waals surface area contributed by atoms with Gasteiger partial charge in [-0.1, -0.05) is 55.6 Å². The molecule has 0 radical (unpaired) electrons. The van der Waals surface area contributed by atoms with Crippen LogP contribution in [0.15, 0.2) is 48.8 Å². The smallest absolute Gasteiger partial charge is 0.158 e. The molecular formula is C20H31Cl2N3O2. The van der Waals surface area contributed by atoms with E-state index in [4.69, 9.17) is 28.9 Å². The number of unbranched alkanes of at least 4 members (excludes halogenated alkanes) is 1. The minimum Gasteiger partial charge on any atom is -0.377 e. The van der Waals surface area contributed by atoms with Gasteiger partial charge in [0.1, 0.15) is 16.9 Å². The summed E-state index contributed by atoms with van der Waals surface area (Å²) in [6, 6.07) is 10.8. The van der Waals surface area contributed by atoms with Crippen LogP contribution in [0.2, 0.25) is 10.3 Å². The maximum Gasteiger partial charge on any atom is 0.158 e. The van der Waals surface area contributed by atoms with E-state index >= 15 is 0 Å². The van der Waals surface area contributed by atoms with Gasteiger partial charge in [0.25, 0.3) is 0 Å². The molecule has 7 heteroatoms. The summed E-state index contributed by atoms with van der Waals surface area (Å²) in [5.74, 6) is 0.208. The molecule has 0 unspecified atom stereocenters. The van der Waals surface area contributed by atoms with Crippen LogP contribution in [-0.4, -0.2) is 36.0 Å². The summed E-state index contributed by atoms with van der Waals surface area (Å²) in [5, 5.41) is 1.09. The Morgan fingerprint density at radius 2 is 1.48 bits per heavy atom. The highest BCUT2D eigenvalue weighted by molar-refractivity contribution is 6.29. The highest BCUT2D eigenvalue weighted by atomic mass is 35.5. The first-order valence-electron chi connectivity index (χ1n) is 8.85. The number of hydrogen-bond acceptors (Lipinski definition) is 5. The second kappa shape index (κ2) is 22.5. The van der Waals surface area contributed by atoms with E-state index in [0.29, 0.717) is 16.7 Å². The first-order valence-corrected chi connectivity index (χ1v) is 9.61. The Hall–Kier alpha value is -1.53. The number of carbonyl (C=O) groups excluding carboxylic acids is 1. The molecule has 2 aromatic rings. The van der Waals surface area contributed by atoms with Crippen molar-refractivity contribution in [2.24, 2.45) is 5.73 Å². The largest absolute Gasteiger partial charge is 0.377 e. The van der Waals surface area contributed by atoms with Gasteiger partial charge in [0.05, 0.1) is 0 Å². The van der Waals surface area contributed by atoms with Gasteiger partial charge in [0.2, 0.25) is 0 Å². The van der Waals surface area contributed by atoms with Gasteiger partial charge in [-0.25, -0.2) is 9.97 Å². The van der Waals surface area contributed by atoms with E-state index in [-0.39, 0.29) is 12.4 Å². The molecule has 0 fully saturated rings. The van der Waals surface area contributed by atoms with E-state index in [0.717, 1.165) is 25.8 Å². The fourth-order valence-electron chi connectivity index (χ4n) is 1.29. The molecule has 2 aromatic heterocycles. The first kappa shape index (κ1) is 27.7. The summed E-state index contributed by atoms with van der Waals surface area (Å²) in [5.41, 5.74) is 5.03. The highest BCUT2D eigenvalue weighted by Gasteiger charge is 1.97. The zero-order valence-electron chi connectivity index (χ0n) is 16.4. The Bertz CT molecular complexity index is 504. The number of hydrogen-bond donors (Lipinski definition) is 1. The standard InChI is InChI=1S/C7H14O2.2C5H4ClN.C3H9N/c1-3-4-5-7(8)6-9-2;2*6-5-3-1-2-4-7-5;1-2-3-4/h3-6H2,1-2H3;2*1-4H;2-4H2,1H3. The number of nitrogens with two attached hydrogens (primary N) is 1. The van der Waals surface area contributed by atoms with E-state index in [1.807, 2.05) is 24.3 Å². The summed E-state index contributed by atoms with van der Waals surface area (Å²) in [7, 11) is 1.55. The molecule has 0 aliphatic rings. The fraction of sp³-hybridized carbons (Fsp3) is 0.450. The normalized spacial score (nSPS) is 8.81. The number of halogens is 2. The summed E-state index contributed by atoms with van der Waals surface area (Å²) in [4.78, 5) is 18.2. The van der Waals surface area contributed by atoms with Crippen molar-refractivity contribution in [1.82, 2.24) is 9.97 Å². The lowest BCUT2D eigenvalue weighted by atomic mass is 10.2. The van der Waals surface area contributed by atoms with Crippen molar-refractivity contribution in [2.75, 3.05) is 20.3 Å². The molecule has 0 amide bonds. The summed E-state index contributed by atoms with van der Waals surface area (Å²) >= 11 is 10.9. The Morgan fingerprint density at radius 3 is 1.70 bits per heavy atom. The number of carbonyl (C=O) groups is 1. The van der Waals surface area contributed by atoms with Crippen LogP contribution in [0.5, 0.6) is 0 Å². The summed E-state index contributed by atoms with van der Waals surface area (Å²) in [6.07, 6.45) is 7.15. The number of methoxy groups -OCH3 is 1. The molecule has 0 atom stereocenters. The van der Waals surface area contributed by atoms with Gasteiger partial charge in [-0.15, -0.1) is 0 Å². The zero-order chi connectivity index (χ0) is 20.8. The third kappa shape index (κ3) is 24.5. The SMILES string of the molecule is CCCCC(=O)COC.CCCN.Clc1ccccn1.Clc1ccccn1. The third-order valence-electron chi connectivity index (χ3n) is 2.66. The highest BCUT2D eigenvalue weighted by Crippen LogP contribution is 1.98. The Balaban J connectivity index is 0. The molecule has 0 saturated carbocycles. The molecule has 0 aliphatic carbocycles. The molecule has 2 N–H and O–H groups in total. The predicted octanol–water partition coefficient (Wildman–Crippen LogP) is 5.22. The Labute approximate surface area is 173 Å². The van der Waals surface area contributed by atoms with E-state index in [1.54, 1.807) is 31.6 Å². The van der Waals surface area contributed by atoms with Gasteiger partial charge in [0, 0.05) is 25.9 Å². The Kier molecular flexibility index (Phi) is 23.1. The number of nitrogens with zero attached hydrogens (tertiary/aromatic N) is 2. The van der Waals surface area contributed by atoms with Gasteiger partial charge in [-0.05, 0) is 43.7 Å². The number of aromatic nitrogens is 2. The fourth-order valence-corrected chi connectivity index (χ4v) is 1.55. The quantitative estimate of drug-likeness (QED) is 0.654.